The maximum atomic E-state index is 11.0. The Balaban J connectivity index is 1.71. The van der Waals surface area contributed by atoms with Crippen molar-refractivity contribution in [2.75, 3.05) is 6.54 Å². The Kier molecular flexibility index (Phi) is 4.77. The van der Waals surface area contributed by atoms with Gasteiger partial charge in [-0.15, -0.1) is 0 Å². The molecule has 4 rings (SSSR count). The highest BCUT2D eigenvalue weighted by Gasteiger charge is 2.27. The summed E-state index contributed by atoms with van der Waals surface area (Å²) in [6, 6.07) is 20.0. The Bertz CT molecular complexity index is 929. The van der Waals surface area contributed by atoms with E-state index in [1.54, 1.807) is 12.1 Å². The van der Waals surface area contributed by atoms with Crippen LogP contribution >= 0.6 is 0 Å². The molecule has 1 aliphatic rings. The van der Waals surface area contributed by atoms with Crippen LogP contribution in [-0.4, -0.2) is 20.9 Å². The molecule has 138 valence electrons. The van der Waals surface area contributed by atoms with E-state index in [0.717, 1.165) is 31.6 Å². The Morgan fingerprint density at radius 1 is 1.04 bits per heavy atom. The summed E-state index contributed by atoms with van der Waals surface area (Å²) in [4.78, 5) is 13.2. The van der Waals surface area contributed by atoms with Crippen LogP contribution in [0, 0.1) is 17.0 Å². The van der Waals surface area contributed by atoms with E-state index in [2.05, 4.69) is 59.0 Å². The van der Waals surface area contributed by atoms with Gasteiger partial charge >= 0.3 is 0 Å². The molecule has 1 atom stereocenters. The van der Waals surface area contributed by atoms with Crippen LogP contribution in [0.3, 0.4) is 0 Å². The predicted molar refractivity (Wildman–Crippen MR) is 106 cm³/mol. The average molecular weight is 361 g/mol. The topological polar surface area (TPSA) is 51.3 Å². The van der Waals surface area contributed by atoms with Gasteiger partial charge in [-0.3, -0.25) is 15.0 Å². The highest BCUT2D eigenvalue weighted by molar-refractivity contribution is 5.38. The first-order valence-corrected chi connectivity index (χ1v) is 9.31. The minimum absolute atomic E-state index is 0.0876. The molecule has 0 spiro atoms. The molecule has 0 amide bonds. The largest absolute Gasteiger partial charge is 0.350 e. The summed E-state index contributed by atoms with van der Waals surface area (Å²) in [7, 11) is 0. The molecule has 2 heterocycles. The van der Waals surface area contributed by atoms with Crippen LogP contribution in [0.4, 0.5) is 5.69 Å². The van der Waals surface area contributed by atoms with Gasteiger partial charge in [-0.2, -0.15) is 0 Å². The Labute approximate surface area is 159 Å². The summed E-state index contributed by atoms with van der Waals surface area (Å²) < 4.78 is 2.31. The highest BCUT2D eigenvalue weighted by Crippen LogP contribution is 2.33. The van der Waals surface area contributed by atoms with Crippen molar-refractivity contribution in [3.63, 3.8) is 0 Å². The molecular weight excluding hydrogens is 338 g/mol. The van der Waals surface area contributed by atoms with E-state index in [1.807, 2.05) is 12.1 Å². The Hall–Kier alpha value is -2.92. The van der Waals surface area contributed by atoms with E-state index in [9.17, 15) is 10.1 Å². The molecule has 5 nitrogen and oxygen atoms in total. The number of aromatic nitrogens is 1. The third-order valence-corrected chi connectivity index (χ3v) is 5.28. The van der Waals surface area contributed by atoms with Crippen molar-refractivity contribution >= 4 is 5.69 Å². The third-order valence-electron chi connectivity index (χ3n) is 5.28. The molecule has 0 N–H and O–H groups in total. The zero-order chi connectivity index (χ0) is 18.8. The van der Waals surface area contributed by atoms with E-state index in [0.29, 0.717) is 0 Å². The maximum Gasteiger partial charge on any atom is 0.269 e. The van der Waals surface area contributed by atoms with Gasteiger partial charge in [-0.25, -0.2) is 0 Å². The van der Waals surface area contributed by atoms with Gasteiger partial charge in [0, 0.05) is 43.7 Å². The van der Waals surface area contributed by atoms with Crippen LogP contribution < -0.4 is 0 Å². The van der Waals surface area contributed by atoms with Crippen LogP contribution in [0.25, 0.3) is 0 Å². The highest BCUT2D eigenvalue weighted by atomic mass is 16.6. The first kappa shape index (κ1) is 17.5. The molecule has 0 bridgehead atoms. The van der Waals surface area contributed by atoms with E-state index in [1.165, 1.54) is 16.8 Å². The van der Waals surface area contributed by atoms with Gasteiger partial charge in [0.1, 0.15) is 0 Å². The molecule has 0 unspecified atom stereocenters. The van der Waals surface area contributed by atoms with Gasteiger partial charge in [0.25, 0.3) is 5.69 Å². The fourth-order valence-electron chi connectivity index (χ4n) is 3.90. The fraction of sp³-hybridized carbons (Fsp3) is 0.273. The van der Waals surface area contributed by atoms with Crippen molar-refractivity contribution < 1.29 is 4.92 Å². The van der Waals surface area contributed by atoms with E-state index in [-0.39, 0.29) is 16.7 Å². The molecular formula is C22H23N3O2. The number of non-ortho nitro benzene ring substituents is 1. The predicted octanol–water partition coefficient (Wildman–Crippen LogP) is 4.70. The number of hydrogen-bond donors (Lipinski definition) is 0. The van der Waals surface area contributed by atoms with E-state index in [4.69, 9.17) is 0 Å². The number of benzene rings is 2. The lowest BCUT2D eigenvalue weighted by Crippen LogP contribution is -2.29. The van der Waals surface area contributed by atoms with Crippen molar-refractivity contribution in [2.24, 2.45) is 0 Å². The average Bonchev–Trinajstić information content (AvgIpc) is 3.05. The maximum absolute atomic E-state index is 11.0. The molecule has 3 aromatic rings. The number of fused-ring (bicyclic) bond motifs is 1. The molecule has 0 aliphatic carbocycles. The summed E-state index contributed by atoms with van der Waals surface area (Å²) in [5.41, 5.74) is 5.01. The van der Waals surface area contributed by atoms with Crippen molar-refractivity contribution in [1.29, 1.82) is 0 Å². The number of nitrogens with zero attached hydrogens (tertiary/aromatic N) is 3. The lowest BCUT2D eigenvalue weighted by atomic mass is 10.0. The monoisotopic (exact) mass is 361 g/mol. The van der Waals surface area contributed by atoms with E-state index < -0.39 is 0 Å². The van der Waals surface area contributed by atoms with Gasteiger partial charge < -0.3 is 4.57 Å². The molecule has 0 saturated carbocycles. The lowest BCUT2D eigenvalue weighted by molar-refractivity contribution is -0.384. The van der Waals surface area contributed by atoms with Crippen LogP contribution in [0.1, 0.15) is 34.8 Å². The molecule has 1 aromatic heterocycles. The van der Waals surface area contributed by atoms with Crippen molar-refractivity contribution in [1.82, 2.24) is 9.47 Å². The van der Waals surface area contributed by atoms with Gasteiger partial charge in [0.05, 0.1) is 11.0 Å². The molecule has 0 fully saturated rings. The summed E-state index contributed by atoms with van der Waals surface area (Å²) in [5.74, 6) is 0. The minimum Gasteiger partial charge on any atom is -0.350 e. The summed E-state index contributed by atoms with van der Waals surface area (Å²) >= 11 is 0. The summed E-state index contributed by atoms with van der Waals surface area (Å²) in [6.07, 6.45) is 3.21. The second kappa shape index (κ2) is 7.37. The molecule has 0 saturated heterocycles. The smallest absolute Gasteiger partial charge is 0.269 e. The standard InChI is InChI=1S/C22H23N3O2/c1-17-5-7-18(8-6-17)16-24-15-3-14-23-13-2-4-21(23)22(24)19-9-11-20(12-10-19)25(26)27/h2,4-13,22H,3,14-16H2,1H3/t22-/m1/s1. The normalized spacial score (nSPS) is 17.3. The van der Waals surface area contributed by atoms with Gasteiger partial charge in [-0.05, 0) is 36.6 Å². The molecule has 5 heteroatoms. The van der Waals surface area contributed by atoms with Gasteiger partial charge in [0.2, 0.25) is 0 Å². The minimum atomic E-state index is -0.344. The van der Waals surface area contributed by atoms with Crippen molar-refractivity contribution in [3.8, 4) is 0 Å². The van der Waals surface area contributed by atoms with Crippen LogP contribution in [0.5, 0.6) is 0 Å². The zero-order valence-electron chi connectivity index (χ0n) is 15.4. The fourth-order valence-corrected chi connectivity index (χ4v) is 3.90. The Morgan fingerprint density at radius 2 is 1.78 bits per heavy atom. The van der Waals surface area contributed by atoms with Crippen LogP contribution in [0.15, 0.2) is 66.9 Å². The number of nitro groups is 1. The van der Waals surface area contributed by atoms with E-state index >= 15 is 0 Å². The lowest BCUT2D eigenvalue weighted by Gasteiger charge is -2.30. The van der Waals surface area contributed by atoms with Crippen molar-refractivity contribution in [3.05, 3.63) is 99.4 Å². The number of rotatable bonds is 4. The molecule has 27 heavy (non-hydrogen) atoms. The van der Waals surface area contributed by atoms with Gasteiger partial charge in [0.15, 0.2) is 0 Å². The van der Waals surface area contributed by atoms with Crippen molar-refractivity contribution in [2.45, 2.75) is 32.5 Å². The van der Waals surface area contributed by atoms with Crippen LogP contribution in [0.2, 0.25) is 0 Å². The third kappa shape index (κ3) is 3.64. The second-order valence-electron chi connectivity index (χ2n) is 7.19. The summed E-state index contributed by atoms with van der Waals surface area (Å²) in [6.45, 7) is 4.93. The molecule has 2 aromatic carbocycles. The number of hydrogen-bond acceptors (Lipinski definition) is 3. The summed E-state index contributed by atoms with van der Waals surface area (Å²) in [5, 5.41) is 11.0. The first-order chi connectivity index (χ1) is 13.1. The SMILES string of the molecule is Cc1ccc(CN2CCCn3cccc3[C@H]2c2ccc([N+](=O)[O-])cc2)cc1. The zero-order valence-corrected chi connectivity index (χ0v) is 15.4. The molecule has 0 radical (unpaired) electrons. The number of aryl methyl sites for hydroxylation is 2. The van der Waals surface area contributed by atoms with Gasteiger partial charge in [-0.1, -0.05) is 42.0 Å². The Morgan fingerprint density at radius 3 is 2.48 bits per heavy atom. The quantitative estimate of drug-likeness (QED) is 0.500. The van der Waals surface area contributed by atoms with Crippen LogP contribution in [-0.2, 0) is 13.1 Å². The molecule has 1 aliphatic heterocycles. The first-order valence-electron chi connectivity index (χ1n) is 9.31. The number of nitro benzene ring substituents is 1. The second-order valence-corrected chi connectivity index (χ2v) is 7.19.